The molecule has 0 atom stereocenters. The van der Waals surface area contributed by atoms with Crippen LogP contribution in [-0.2, 0) is 10.0 Å². The molecule has 0 saturated carbocycles. The number of methoxy groups -OCH3 is 1. The van der Waals surface area contributed by atoms with Crippen molar-refractivity contribution in [1.82, 2.24) is 4.98 Å². The van der Waals surface area contributed by atoms with Gasteiger partial charge in [0.05, 0.1) is 18.5 Å². The fourth-order valence-electron chi connectivity index (χ4n) is 1.57. The molecular formula is C12H12FN3O3S. The summed E-state index contributed by atoms with van der Waals surface area (Å²) in [6.45, 7) is 0. The Balaban J connectivity index is 2.41. The van der Waals surface area contributed by atoms with Crippen molar-refractivity contribution in [3.63, 3.8) is 0 Å². The number of nitrogens with zero attached hydrogens (tertiary/aromatic N) is 1. The van der Waals surface area contributed by atoms with Gasteiger partial charge in [0.2, 0.25) is 0 Å². The van der Waals surface area contributed by atoms with Crippen LogP contribution in [0.25, 0.3) is 0 Å². The second-order valence-corrected chi connectivity index (χ2v) is 5.45. The van der Waals surface area contributed by atoms with E-state index in [2.05, 4.69) is 9.71 Å². The van der Waals surface area contributed by atoms with Crippen LogP contribution in [0.3, 0.4) is 0 Å². The normalized spacial score (nSPS) is 11.1. The van der Waals surface area contributed by atoms with Crippen LogP contribution < -0.4 is 15.2 Å². The first-order chi connectivity index (χ1) is 9.44. The molecule has 0 bridgehead atoms. The topological polar surface area (TPSA) is 94.3 Å². The highest BCUT2D eigenvalue weighted by molar-refractivity contribution is 7.92. The van der Waals surface area contributed by atoms with Crippen LogP contribution in [0.15, 0.2) is 41.6 Å². The highest BCUT2D eigenvalue weighted by atomic mass is 32.2. The molecule has 1 heterocycles. The number of rotatable bonds is 4. The minimum atomic E-state index is -3.98. The van der Waals surface area contributed by atoms with Crippen LogP contribution >= 0.6 is 0 Å². The number of benzene rings is 1. The summed E-state index contributed by atoms with van der Waals surface area (Å²) in [7, 11) is -2.67. The van der Waals surface area contributed by atoms with Gasteiger partial charge in [-0.25, -0.2) is 9.37 Å². The van der Waals surface area contributed by atoms with Gasteiger partial charge in [-0.05, 0) is 24.3 Å². The van der Waals surface area contributed by atoms with E-state index in [0.717, 1.165) is 12.1 Å². The van der Waals surface area contributed by atoms with Crippen LogP contribution in [0, 0.1) is 5.82 Å². The lowest BCUT2D eigenvalue weighted by Crippen LogP contribution is -2.16. The Morgan fingerprint density at radius 1 is 1.35 bits per heavy atom. The standard InChI is InChI=1S/C12H12FN3O3S/c1-19-11-7-8(13)4-5-10(11)16-20(17,18)12-9(14)3-2-6-15-12/h2-7,16H,14H2,1H3. The van der Waals surface area contributed by atoms with Crippen molar-refractivity contribution in [3.8, 4) is 5.75 Å². The predicted octanol–water partition coefficient (Wildman–Crippen LogP) is 1.61. The van der Waals surface area contributed by atoms with Crippen molar-refractivity contribution in [2.75, 3.05) is 17.6 Å². The number of anilines is 2. The highest BCUT2D eigenvalue weighted by Crippen LogP contribution is 2.28. The molecule has 20 heavy (non-hydrogen) atoms. The molecule has 0 aliphatic carbocycles. The van der Waals surface area contributed by atoms with Gasteiger partial charge in [-0.15, -0.1) is 0 Å². The molecule has 0 amide bonds. The highest BCUT2D eigenvalue weighted by Gasteiger charge is 2.20. The monoisotopic (exact) mass is 297 g/mol. The van der Waals surface area contributed by atoms with Crippen LogP contribution in [0.2, 0.25) is 0 Å². The molecule has 6 nitrogen and oxygen atoms in total. The van der Waals surface area contributed by atoms with Gasteiger partial charge in [0.15, 0.2) is 5.03 Å². The van der Waals surface area contributed by atoms with Gasteiger partial charge < -0.3 is 10.5 Å². The van der Waals surface area contributed by atoms with Crippen molar-refractivity contribution in [3.05, 3.63) is 42.3 Å². The molecule has 0 saturated heterocycles. The summed E-state index contributed by atoms with van der Waals surface area (Å²) in [6.07, 6.45) is 1.31. The van der Waals surface area contributed by atoms with E-state index >= 15 is 0 Å². The first-order valence-corrected chi connectivity index (χ1v) is 6.99. The zero-order valence-corrected chi connectivity index (χ0v) is 11.3. The summed E-state index contributed by atoms with van der Waals surface area (Å²) in [6, 6.07) is 6.38. The minimum Gasteiger partial charge on any atom is -0.494 e. The summed E-state index contributed by atoms with van der Waals surface area (Å²) >= 11 is 0. The van der Waals surface area contributed by atoms with E-state index in [1.807, 2.05) is 0 Å². The van der Waals surface area contributed by atoms with E-state index in [-0.39, 0.29) is 22.2 Å². The number of nitrogens with two attached hydrogens (primary N) is 1. The summed E-state index contributed by atoms with van der Waals surface area (Å²) in [5.41, 5.74) is 5.69. The third-order valence-corrected chi connectivity index (χ3v) is 3.80. The molecule has 2 rings (SSSR count). The number of hydrogen-bond donors (Lipinski definition) is 2. The van der Waals surface area contributed by atoms with Crippen molar-refractivity contribution >= 4 is 21.4 Å². The minimum absolute atomic E-state index is 0.0149. The number of aromatic nitrogens is 1. The molecular weight excluding hydrogens is 285 g/mol. The molecule has 1 aromatic heterocycles. The zero-order chi connectivity index (χ0) is 14.8. The number of nitrogen functional groups attached to an aromatic ring is 1. The largest absolute Gasteiger partial charge is 0.494 e. The van der Waals surface area contributed by atoms with Gasteiger partial charge >= 0.3 is 0 Å². The Labute approximate surface area is 115 Å². The Kier molecular flexibility index (Phi) is 3.75. The maximum absolute atomic E-state index is 13.1. The fraction of sp³-hybridized carbons (Fsp3) is 0.0833. The van der Waals surface area contributed by atoms with E-state index in [9.17, 15) is 12.8 Å². The van der Waals surface area contributed by atoms with Crippen LogP contribution in [0.5, 0.6) is 5.75 Å². The van der Waals surface area contributed by atoms with Gasteiger partial charge in [0, 0.05) is 12.3 Å². The van der Waals surface area contributed by atoms with Crippen LogP contribution in [0.1, 0.15) is 0 Å². The van der Waals surface area contributed by atoms with Gasteiger partial charge in [-0.1, -0.05) is 0 Å². The molecule has 0 unspecified atom stereocenters. The summed E-state index contributed by atoms with van der Waals surface area (Å²) in [5, 5.41) is -0.300. The van der Waals surface area contributed by atoms with Gasteiger partial charge in [0.25, 0.3) is 10.0 Å². The average molecular weight is 297 g/mol. The van der Waals surface area contributed by atoms with Gasteiger partial charge in [-0.3, -0.25) is 4.72 Å². The first-order valence-electron chi connectivity index (χ1n) is 5.51. The summed E-state index contributed by atoms with van der Waals surface area (Å²) < 4.78 is 44.6. The van der Waals surface area contributed by atoms with Crippen LogP contribution in [0.4, 0.5) is 15.8 Å². The number of ether oxygens (including phenoxy) is 1. The molecule has 3 N–H and O–H groups in total. The quantitative estimate of drug-likeness (QED) is 0.894. The van der Waals surface area contributed by atoms with Gasteiger partial charge in [0.1, 0.15) is 11.6 Å². The number of halogens is 1. The lowest BCUT2D eigenvalue weighted by atomic mass is 10.3. The molecule has 0 radical (unpaired) electrons. The lowest BCUT2D eigenvalue weighted by molar-refractivity contribution is 0.413. The van der Waals surface area contributed by atoms with Gasteiger partial charge in [-0.2, -0.15) is 8.42 Å². The van der Waals surface area contributed by atoms with E-state index < -0.39 is 15.8 Å². The molecule has 0 aliphatic heterocycles. The predicted molar refractivity (Wildman–Crippen MR) is 72.4 cm³/mol. The molecule has 106 valence electrons. The van der Waals surface area contributed by atoms with Crippen LogP contribution in [-0.4, -0.2) is 20.5 Å². The van der Waals surface area contributed by atoms with E-state index in [4.69, 9.17) is 10.5 Å². The third kappa shape index (κ3) is 2.80. The summed E-state index contributed by atoms with van der Waals surface area (Å²) in [4.78, 5) is 3.73. The van der Waals surface area contributed by atoms with Crippen molar-refractivity contribution in [2.45, 2.75) is 5.03 Å². The smallest absolute Gasteiger partial charge is 0.281 e. The van der Waals surface area contributed by atoms with E-state index in [1.54, 1.807) is 0 Å². The Morgan fingerprint density at radius 2 is 2.10 bits per heavy atom. The lowest BCUT2D eigenvalue weighted by Gasteiger charge is -2.12. The zero-order valence-electron chi connectivity index (χ0n) is 10.5. The van der Waals surface area contributed by atoms with Crippen molar-refractivity contribution in [1.29, 1.82) is 0 Å². The maximum atomic E-state index is 13.1. The molecule has 0 aliphatic rings. The van der Waals surface area contributed by atoms with Crippen molar-refractivity contribution < 1.29 is 17.5 Å². The number of pyridine rings is 1. The Bertz CT molecular complexity index is 734. The number of nitrogens with one attached hydrogen (secondary N) is 1. The molecule has 1 aromatic carbocycles. The van der Waals surface area contributed by atoms with Crippen molar-refractivity contribution in [2.24, 2.45) is 0 Å². The Morgan fingerprint density at radius 3 is 2.75 bits per heavy atom. The number of sulfonamides is 1. The first kappa shape index (κ1) is 14.1. The second-order valence-electron chi connectivity index (χ2n) is 3.85. The Hall–Kier alpha value is -2.35. The van der Waals surface area contributed by atoms with E-state index in [0.29, 0.717) is 0 Å². The third-order valence-electron chi connectivity index (χ3n) is 2.46. The molecule has 8 heteroatoms. The molecule has 0 fully saturated rings. The number of hydrogen-bond acceptors (Lipinski definition) is 5. The maximum Gasteiger partial charge on any atom is 0.281 e. The SMILES string of the molecule is COc1cc(F)ccc1NS(=O)(=O)c1ncccc1N. The molecule has 0 spiro atoms. The van der Waals surface area contributed by atoms with E-state index in [1.165, 1.54) is 31.5 Å². The second kappa shape index (κ2) is 5.33. The summed E-state index contributed by atoms with van der Waals surface area (Å²) in [5.74, 6) is -0.481. The molecule has 2 aromatic rings. The average Bonchev–Trinajstić information content (AvgIpc) is 2.41. The fourth-order valence-corrected chi connectivity index (χ4v) is 2.70.